The molecular formula is C18H22NO5S+. The molecule has 0 amide bonds. The number of carbonyl (C=O) groups excluding carboxylic acids is 2. The average molecular weight is 364 g/mol. The molecule has 0 spiro atoms. The summed E-state index contributed by atoms with van der Waals surface area (Å²) in [6.45, 7) is 3.87. The van der Waals surface area contributed by atoms with E-state index in [4.69, 9.17) is 13.6 Å². The fourth-order valence-corrected chi connectivity index (χ4v) is 2.64. The van der Waals surface area contributed by atoms with Gasteiger partial charge in [0.15, 0.2) is 0 Å². The number of benzene rings is 1. The van der Waals surface area contributed by atoms with Gasteiger partial charge in [-0.2, -0.15) is 0 Å². The Morgan fingerprint density at radius 1 is 1.36 bits per heavy atom. The van der Waals surface area contributed by atoms with Gasteiger partial charge in [-0.3, -0.25) is 13.6 Å². The molecule has 1 aromatic carbocycles. The fourth-order valence-electron chi connectivity index (χ4n) is 2.34. The summed E-state index contributed by atoms with van der Waals surface area (Å²) in [5.74, 6) is -0.897. The molecule has 1 aromatic heterocycles. The number of para-hydroxylation sites is 1. The maximum absolute atomic E-state index is 12.8. The van der Waals surface area contributed by atoms with E-state index in [1.807, 2.05) is 27.1 Å². The van der Waals surface area contributed by atoms with Crippen LogP contribution in [0.1, 0.15) is 36.2 Å². The SMILES string of the molecule is CCCc1cccc2c(=O)c(C(=O)OCC)c([O+]=CSN(C)C)oc12. The van der Waals surface area contributed by atoms with E-state index in [1.165, 1.54) is 17.6 Å². The molecule has 2 aromatic rings. The highest BCUT2D eigenvalue weighted by molar-refractivity contribution is 8.09. The van der Waals surface area contributed by atoms with Crippen molar-refractivity contribution in [3.63, 3.8) is 0 Å². The molecule has 0 bridgehead atoms. The lowest BCUT2D eigenvalue weighted by molar-refractivity contribution is 0.0505. The normalized spacial score (nSPS) is 11.6. The highest BCUT2D eigenvalue weighted by atomic mass is 32.2. The van der Waals surface area contributed by atoms with Crippen LogP contribution >= 0.6 is 11.9 Å². The van der Waals surface area contributed by atoms with Gasteiger partial charge in [-0.1, -0.05) is 25.5 Å². The number of hydrogen-bond donors (Lipinski definition) is 0. The van der Waals surface area contributed by atoms with Crippen LogP contribution in [0.25, 0.3) is 11.0 Å². The molecule has 0 aliphatic carbocycles. The van der Waals surface area contributed by atoms with Gasteiger partial charge in [0.05, 0.1) is 12.0 Å². The molecule has 0 aliphatic rings. The number of ether oxygens (including phenoxy) is 1. The smallest absolute Gasteiger partial charge is 0.462 e. The summed E-state index contributed by atoms with van der Waals surface area (Å²) in [6, 6.07) is 5.33. The molecule has 2 rings (SSSR count). The van der Waals surface area contributed by atoms with E-state index in [9.17, 15) is 9.59 Å². The van der Waals surface area contributed by atoms with Crippen molar-refractivity contribution in [1.82, 2.24) is 4.31 Å². The zero-order chi connectivity index (χ0) is 18.4. The van der Waals surface area contributed by atoms with Crippen LogP contribution in [0.4, 0.5) is 0 Å². The molecular weight excluding hydrogens is 342 g/mol. The summed E-state index contributed by atoms with van der Waals surface area (Å²) >= 11 is 1.26. The second-order valence-corrected chi connectivity index (χ2v) is 6.62. The van der Waals surface area contributed by atoms with Gasteiger partial charge >= 0.3 is 11.9 Å². The van der Waals surface area contributed by atoms with Crippen LogP contribution in [-0.4, -0.2) is 36.6 Å². The van der Waals surface area contributed by atoms with Gasteiger partial charge in [0.1, 0.15) is 0 Å². The van der Waals surface area contributed by atoms with E-state index < -0.39 is 11.4 Å². The molecule has 25 heavy (non-hydrogen) atoms. The highest BCUT2D eigenvalue weighted by Gasteiger charge is 2.31. The van der Waals surface area contributed by atoms with Crippen molar-refractivity contribution >= 4 is 34.5 Å². The van der Waals surface area contributed by atoms with Crippen molar-refractivity contribution in [2.45, 2.75) is 26.7 Å². The van der Waals surface area contributed by atoms with E-state index >= 15 is 0 Å². The number of rotatable bonds is 7. The Morgan fingerprint density at radius 2 is 2.12 bits per heavy atom. The summed E-state index contributed by atoms with van der Waals surface area (Å²) in [7, 11) is 3.68. The predicted octanol–water partition coefficient (Wildman–Crippen LogP) is 3.57. The molecule has 134 valence electrons. The zero-order valence-electron chi connectivity index (χ0n) is 14.8. The first-order valence-corrected chi connectivity index (χ1v) is 8.91. The summed E-state index contributed by atoms with van der Waals surface area (Å²) < 4.78 is 18.1. The van der Waals surface area contributed by atoms with Gasteiger partial charge in [-0.25, -0.2) is 9.10 Å². The molecule has 0 N–H and O–H groups in total. The Hall–Kier alpha value is -2.12. The van der Waals surface area contributed by atoms with Crippen LogP contribution in [0.3, 0.4) is 0 Å². The summed E-state index contributed by atoms with van der Waals surface area (Å²) in [4.78, 5) is 25.1. The van der Waals surface area contributed by atoms with Crippen LogP contribution in [0.2, 0.25) is 0 Å². The first-order chi connectivity index (χ1) is 12.0. The Bertz CT molecular complexity index is 841. The number of hydrogen-bond acceptors (Lipinski definition) is 6. The van der Waals surface area contributed by atoms with E-state index in [0.717, 1.165) is 18.4 Å². The molecule has 0 saturated heterocycles. The molecule has 0 radical (unpaired) electrons. The van der Waals surface area contributed by atoms with E-state index in [1.54, 1.807) is 23.4 Å². The van der Waals surface area contributed by atoms with E-state index in [-0.39, 0.29) is 18.1 Å². The molecule has 7 heteroatoms. The maximum Gasteiger partial charge on any atom is 0.544 e. The van der Waals surface area contributed by atoms with E-state index in [0.29, 0.717) is 11.0 Å². The van der Waals surface area contributed by atoms with Gasteiger partial charge in [0, 0.05) is 17.5 Å². The molecule has 0 fully saturated rings. The fraction of sp³-hybridized carbons (Fsp3) is 0.389. The first-order valence-electron chi connectivity index (χ1n) is 8.07. The standard InChI is InChI=1S/C18H22NO5S/c1-5-8-12-9-7-10-13-15(20)14(17(21)22-6-2)18(24-16(12)13)23-11-25-19(3)4/h7,9-11H,5-6,8H2,1-4H3/q+1. The molecule has 0 atom stereocenters. The third-order valence-corrected chi connectivity index (χ3v) is 3.98. The van der Waals surface area contributed by atoms with Crippen LogP contribution in [0, 0.1) is 0 Å². The Balaban J connectivity index is 2.69. The average Bonchev–Trinajstić information content (AvgIpc) is 2.56. The van der Waals surface area contributed by atoms with Gasteiger partial charge in [0.25, 0.3) is 16.8 Å². The van der Waals surface area contributed by atoms with Crippen molar-refractivity contribution in [3.8, 4) is 5.95 Å². The molecule has 6 nitrogen and oxygen atoms in total. The minimum atomic E-state index is -0.753. The van der Waals surface area contributed by atoms with Gasteiger partial charge in [-0.15, -0.1) is 0 Å². The zero-order valence-corrected chi connectivity index (χ0v) is 15.6. The topological polar surface area (TPSA) is 71.1 Å². The third-order valence-electron chi connectivity index (χ3n) is 3.38. The molecule has 1 heterocycles. The summed E-state index contributed by atoms with van der Waals surface area (Å²) in [6.07, 6.45) is 1.66. The van der Waals surface area contributed by atoms with Gasteiger partial charge < -0.3 is 4.74 Å². The number of nitrogens with zero attached hydrogens (tertiary/aromatic N) is 1. The Morgan fingerprint density at radius 3 is 2.76 bits per heavy atom. The summed E-state index contributed by atoms with van der Waals surface area (Å²) in [5, 5.41) is 0.349. The second-order valence-electron chi connectivity index (χ2n) is 5.49. The van der Waals surface area contributed by atoms with Crippen molar-refractivity contribution in [3.05, 3.63) is 39.5 Å². The highest BCUT2D eigenvalue weighted by Crippen LogP contribution is 2.26. The van der Waals surface area contributed by atoms with Crippen LogP contribution < -0.4 is 5.43 Å². The first kappa shape index (κ1) is 19.2. The van der Waals surface area contributed by atoms with Crippen LogP contribution in [-0.2, 0) is 15.6 Å². The lowest BCUT2D eigenvalue weighted by Crippen LogP contribution is -2.18. The van der Waals surface area contributed by atoms with Crippen molar-refractivity contribution in [2.75, 3.05) is 20.7 Å². The summed E-state index contributed by atoms with van der Waals surface area (Å²) in [5.41, 5.74) is 2.07. The monoisotopic (exact) mass is 364 g/mol. The minimum Gasteiger partial charge on any atom is -0.462 e. The van der Waals surface area contributed by atoms with Crippen LogP contribution in [0.5, 0.6) is 5.95 Å². The number of aryl methyl sites for hydroxylation is 1. The lowest BCUT2D eigenvalue weighted by Gasteiger charge is -2.03. The lowest BCUT2D eigenvalue weighted by atomic mass is 10.1. The number of esters is 1. The number of carbonyl (C=O) groups is 1. The predicted molar refractivity (Wildman–Crippen MR) is 99.9 cm³/mol. The molecule has 0 aliphatic heterocycles. The van der Waals surface area contributed by atoms with E-state index in [2.05, 4.69) is 0 Å². The van der Waals surface area contributed by atoms with Crippen LogP contribution in [0.15, 0.2) is 27.4 Å². The largest absolute Gasteiger partial charge is 0.544 e. The minimum absolute atomic E-state index is 0.145. The van der Waals surface area contributed by atoms with Gasteiger partial charge in [-0.05, 0) is 33.5 Å². The van der Waals surface area contributed by atoms with Gasteiger partial charge in [0.2, 0.25) is 5.43 Å². The quantitative estimate of drug-likeness (QED) is 0.324. The van der Waals surface area contributed by atoms with Crippen molar-refractivity contribution < 1.29 is 18.4 Å². The number of fused-ring (bicyclic) bond motifs is 1. The molecule has 0 saturated carbocycles. The third kappa shape index (κ3) is 4.49. The van der Waals surface area contributed by atoms with Crippen molar-refractivity contribution in [2.24, 2.45) is 0 Å². The molecule has 0 unspecified atom stereocenters. The Kier molecular flexibility index (Phi) is 6.78. The second kappa shape index (κ2) is 8.82. The van der Waals surface area contributed by atoms with Crippen molar-refractivity contribution in [1.29, 1.82) is 0 Å². The maximum atomic E-state index is 12.8. The Labute approximate surface area is 150 Å².